The number of ketones is 1. The van der Waals surface area contributed by atoms with Crippen molar-refractivity contribution >= 4 is 33.3 Å². The van der Waals surface area contributed by atoms with Gasteiger partial charge in [-0.25, -0.2) is 4.39 Å². The van der Waals surface area contributed by atoms with Gasteiger partial charge in [0.1, 0.15) is 11.6 Å². The summed E-state index contributed by atoms with van der Waals surface area (Å²) in [6.45, 7) is 0. The number of halogens is 3. The van der Waals surface area contributed by atoms with Crippen molar-refractivity contribution in [2.75, 3.05) is 7.11 Å². The van der Waals surface area contributed by atoms with Crippen LogP contribution in [0.1, 0.15) is 15.9 Å². The fourth-order valence-corrected chi connectivity index (χ4v) is 2.08. The normalized spacial score (nSPS) is 10.3. The van der Waals surface area contributed by atoms with Crippen LogP contribution in [0, 0.1) is 5.82 Å². The molecule has 2 aromatic rings. The molecule has 0 radical (unpaired) electrons. The molecule has 0 atom stereocenters. The molecule has 0 aliphatic carbocycles. The van der Waals surface area contributed by atoms with Gasteiger partial charge in [0.2, 0.25) is 0 Å². The third-order valence-electron chi connectivity index (χ3n) is 2.59. The van der Waals surface area contributed by atoms with Crippen molar-refractivity contribution in [3.8, 4) is 5.75 Å². The van der Waals surface area contributed by atoms with Crippen LogP contribution in [0.5, 0.6) is 5.75 Å². The van der Waals surface area contributed by atoms with Gasteiger partial charge in [0.05, 0.1) is 17.7 Å². The lowest BCUT2D eigenvalue weighted by Gasteiger charge is -2.08. The molecule has 5 heteroatoms. The molecule has 2 nitrogen and oxygen atoms in total. The predicted molar refractivity (Wildman–Crippen MR) is 75.5 cm³/mol. The zero-order valence-corrected chi connectivity index (χ0v) is 12.3. The molecule has 0 aromatic heterocycles. The topological polar surface area (TPSA) is 26.3 Å². The highest BCUT2D eigenvalue weighted by Crippen LogP contribution is 2.27. The van der Waals surface area contributed by atoms with E-state index in [2.05, 4.69) is 15.9 Å². The van der Waals surface area contributed by atoms with E-state index in [4.69, 9.17) is 16.3 Å². The fraction of sp³-hybridized carbons (Fsp3) is 0.0714. The second-order valence-corrected chi connectivity index (χ2v) is 5.06. The summed E-state index contributed by atoms with van der Waals surface area (Å²) in [5.41, 5.74) is 0.540. The molecule has 2 aromatic carbocycles. The first-order valence-electron chi connectivity index (χ1n) is 5.36. The van der Waals surface area contributed by atoms with Gasteiger partial charge in [-0.1, -0.05) is 11.6 Å². The van der Waals surface area contributed by atoms with Crippen LogP contribution >= 0.6 is 27.5 Å². The Morgan fingerprint density at radius 1 is 1.26 bits per heavy atom. The van der Waals surface area contributed by atoms with Gasteiger partial charge in [-0.05, 0) is 52.3 Å². The number of carbonyl (C=O) groups excluding carboxylic acids is 1. The maximum absolute atomic E-state index is 13.3. The van der Waals surface area contributed by atoms with Crippen molar-refractivity contribution in [2.45, 2.75) is 0 Å². The van der Waals surface area contributed by atoms with Gasteiger partial charge in [0.15, 0.2) is 5.78 Å². The molecule has 2 rings (SSSR count). The molecule has 0 aliphatic rings. The smallest absolute Gasteiger partial charge is 0.196 e. The summed E-state index contributed by atoms with van der Waals surface area (Å²) >= 11 is 9.19. The van der Waals surface area contributed by atoms with Crippen LogP contribution in [0.2, 0.25) is 5.02 Å². The first-order valence-corrected chi connectivity index (χ1v) is 6.53. The summed E-state index contributed by atoms with van der Waals surface area (Å²) in [6, 6.07) is 8.62. The second kappa shape index (κ2) is 5.72. The Balaban J connectivity index is 2.49. The van der Waals surface area contributed by atoms with Gasteiger partial charge in [-0.3, -0.25) is 4.79 Å². The molecule has 0 unspecified atom stereocenters. The summed E-state index contributed by atoms with van der Waals surface area (Å²) in [5, 5.41) is 0.418. The number of benzene rings is 2. The zero-order valence-electron chi connectivity index (χ0n) is 9.91. The van der Waals surface area contributed by atoms with Gasteiger partial charge in [-0.15, -0.1) is 0 Å². The van der Waals surface area contributed by atoms with E-state index < -0.39 is 5.82 Å². The minimum atomic E-state index is -0.493. The molecule has 0 fully saturated rings. The van der Waals surface area contributed by atoms with Crippen LogP contribution < -0.4 is 4.74 Å². The van der Waals surface area contributed by atoms with E-state index in [1.165, 1.54) is 25.3 Å². The zero-order chi connectivity index (χ0) is 14.0. The van der Waals surface area contributed by atoms with Gasteiger partial charge in [0, 0.05) is 10.0 Å². The van der Waals surface area contributed by atoms with E-state index in [9.17, 15) is 9.18 Å². The molecule has 19 heavy (non-hydrogen) atoms. The van der Waals surface area contributed by atoms with Crippen molar-refractivity contribution < 1.29 is 13.9 Å². The van der Waals surface area contributed by atoms with Gasteiger partial charge >= 0.3 is 0 Å². The SMILES string of the molecule is COc1ccc(F)cc1C(=O)c1ccc(Br)c(Cl)c1. The summed E-state index contributed by atoms with van der Waals surface area (Å²) < 4.78 is 19.0. The third kappa shape index (κ3) is 2.96. The standard InChI is InChI=1S/C14H9BrClFO2/c1-19-13-5-3-9(17)7-10(13)14(18)8-2-4-11(15)12(16)6-8/h2-7H,1H3. The van der Waals surface area contributed by atoms with Crippen LogP contribution in [0.25, 0.3) is 0 Å². The highest BCUT2D eigenvalue weighted by Gasteiger charge is 2.16. The number of methoxy groups -OCH3 is 1. The Morgan fingerprint density at radius 3 is 2.63 bits per heavy atom. The minimum absolute atomic E-state index is 0.167. The Labute approximate surface area is 123 Å². The van der Waals surface area contributed by atoms with Crippen molar-refractivity contribution in [1.29, 1.82) is 0 Å². The number of hydrogen-bond donors (Lipinski definition) is 0. The van der Waals surface area contributed by atoms with Crippen molar-refractivity contribution in [3.05, 3.63) is 62.8 Å². The molecule has 0 saturated heterocycles. The lowest BCUT2D eigenvalue weighted by molar-refractivity contribution is 0.103. The first-order chi connectivity index (χ1) is 9.02. The Hall–Kier alpha value is -1.39. The monoisotopic (exact) mass is 342 g/mol. The van der Waals surface area contributed by atoms with E-state index in [1.54, 1.807) is 12.1 Å². The maximum atomic E-state index is 13.3. The van der Waals surface area contributed by atoms with Crippen LogP contribution in [0.15, 0.2) is 40.9 Å². The number of hydrogen-bond acceptors (Lipinski definition) is 2. The van der Waals surface area contributed by atoms with Crippen molar-refractivity contribution in [3.63, 3.8) is 0 Å². The van der Waals surface area contributed by atoms with Crippen LogP contribution in [0.3, 0.4) is 0 Å². The van der Waals surface area contributed by atoms with Gasteiger partial charge in [0.25, 0.3) is 0 Å². The Bertz CT molecular complexity index is 643. The average Bonchev–Trinajstić information content (AvgIpc) is 2.41. The van der Waals surface area contributed by atoms with Gasteiger partial charge in [-0.2, -0.15) is 0 Å². The Morgan fingerprint density at radius 2 is 2.00 bits per heavy atom. The quantitative estimate of drug-likeness (QED) is 0.768. The number of carbonyl (C=O) groups is 1. The highest BCUT2D eigenvalue weighted by atomic mass is 79.9. The lowest BCUT2D eigenvalue weighted by atomic mass is 10.0. The largest absolute Gasteiger partial charge is 0.496 e. The molecule has 0 saturated carbocycles. The molecule has 0 heterocycles. The molecule has 0 amide bonds. The molecule has 0 bridgehead atoms. The van der Waals surface area contributed by atoms with E-state index in [-0.39, 0.29) is 11.3 Å². The number of rotatable bonds is 3. The molecular weight excluding hydrogens is 335 g/mol. The summed E-state index contributed by atoms with van der Waals surface area (Å²) in [7, 11) is 1.43. The van der Waals surface area contributed by atoms with E-state index >= 15 is 0 Å². The summed E-state index contributed by atoms with van der Waals surface area (Å²) in [4.78, 5) is 12.3. The number of ether oxygens (including phenoxy) is 1. The van der Waals surface area contributed by atoms with Crippen molar-refractivity contribution in [1.82, 2.24) is 0 Å². The van der Waals surface area contributed by atoms with Gasteiger partial charge < -0.3 is 4.74 Å². The van der Waals surface area contributed by atoms with E-state index in [0.29, 0.717) is 20.8 Å². The maximum Gasteiger partial charge on any atom is 0.196 e. The van der Waals surface area contributed by atoms with Crippen LogP contribution in [-0.4, -0.2) is 12.9 Å². The first kappa shape index (κ1) is 14.0. The van der Waals surface area contributed by atoms with Crippen LogP contribution in [-0.2, 0) is 0 Å². The third-order valence-corrected chi connectivity index (χ3v) is 3.82. The van der Waals surface area contributed by atoms with E-state index in [1.807, 2.05) is 0 Å². The van der Waals surface area contributed by atoms with Crippen molar-refractivity contribution in [2.24, 2.45) is 0 Å². The van der Waals surface area contributed by atoms with Crippen LogP contribution in [0.4, 0.5) is 4.39 Å². The molecule has 0 spiro atoms. The summed E-state index contributed by atoms with van der Waals surface area (Å²) in [5.74, 6) is -0.511. The molecule has 0 aliphatic heterocycles. The average molecular weight is 344 g/mol. The summed E-state index contributed by atoms with van der Waals surface area (Å²) in [6.07, 6.45) is 0. The van der Waals surface area contributed by atoms with E-state index in [0.717, 1.165) is 6.07 Å². The molecule has 0 N–H and O–H groups in total. The predicted octanol–water partition coefficient (Wildman–Crippen LogP) is 4.48. The highest BCUT2D eigenvalue weighted by molar-refractivity contribution is 9.10. The second-order valence-electron chi connectivity index (χ2n) is 3.80. The minimum Gasteiger partial charge on any atom is -0.496 e. The Kier molecular flexibility index (Phi) is 4.22. The molecule has 98 valence electrons. The lowest BCUT2D eigenvalue weighted by Crippen LogP contribution is -2.04. The molecular formula is C14H9BrClFO2. The fourth-order valence-electron chi connectivity index (χ4n) is 1.65.